The number of aromatic nitrogens is 3. The third kappa shape index (κ3) is 6.23. The van der Waals surface area contributed by atoms with E-state index in [1.165, 1.54) is 0 Å². The number of pyridine rings is 2. The number of fused-ring (bicyclic) bond motifs is 2. The molecule has 5 aromatic rings. The fourth-order valence-corrected chi connectivity index (χ4v) is 4.50. The maximum Gasteiger partial charge on any atom is 0.408 e. The number of carbonyl (C=O) groups is 1. The summed E-state index contributed by atoms with van der Waals surface area (Å²) in [6.45, 7) is 5.76. The second-order valence-electron chi connectivity index (χ2n) is 10.2. The predicted molar refractivity (Wildman–Crippen MR) is 151 cm³/mol. The smallest absolute Gasteiger partial charge is 0.408 e. The second-order valence-corrected chi connectivity index (χ2v) is 10.6. The van der Waals surface area contributed by atoms with Gasteiger partial charge in [0.05, 0.1) is 12.2 Å². The normalized spacial score (nSPS) is 12.4. The van der Waals surface area contributed by atoms with Gasteiger partial charge in [0.25, 0.3) is 0 Å². The lowest BCUT2D eigenvalue weighted by Crippen LogP contribution is -2.43. The standard InChI is InChI=1S/C30H29ClN4O3/c1-30(2,3)38-29(36)35-24(11-23-16-33-27-7-5-4-6-26(23)27)18-37-25-12-22(14-32-17-25)19-8-9-20-15-34-28(31)13-21(20)10-19/h4-10,12-17,24,33H,11,18H2,1-3H3,(H,35,36). The highest BCUT2D eigenvalue weighted by molar-refractivity contribution is 6.30. The summed E-state index contributed by atoms with van der Waals surface area (Å²) in [4.78, 5) is 24.4. The van der Waals surface area contributed by atoms with Crippen LogP contribution < -0.4 is 10.1 Å². The SMILES string of the molecule is CC(C)(C)OC(=O)NC(COc1cncc(-c2ccc3cnc(Cl)cc3c2)c1)Cc1c[nH]c2ccccc12. The highest BCUT2D eigenvalue weighted by atomic mass is 35.5. The lowest BCUT2D eigenvalue weighted by Gasteiger charge is -2.24. The van der Waals surface area contributed by atoms with Crippen molar-refractivity contribution in [2.75, 3.05) is 6.61 Å². The van der Waals surface area contributed by atoms with Crippen molar-refractivity contribution < 1.29 is 14.3 Å². The Morgan fingerprint density at radius 2 is 1.87 bits per heavy atom. The van der Waals surface area contributed by atoms with Crippen LogP contribution in [-0.2, 0) is 11.2 Å². The van der Waals surface area contributed by atoms with Gasteiger partial charge in [-0.1, -0.05) is 41.9 Å². The van der Waals surface area contributed by atoms with Gasteiger partial charge >= 0.3 is 6.09 Å². The van der Waals surface area contributed by atoms with Gasteiger partial charge in [-0.2, -0.15) is 0 Å². The van der Waals surface area contributed by atoms with Crippen molar-refractivity contribution in [2.45, 2.75) is 38.8 Å². The quantitative estimate of drug-likeness (QED) is 0.223. The Bertz CT molecular complexity index is 1590. The largest absolute Gasteiger partial charge is 0.490 e. The fraction of sp³-hybridized carbons (Fsp3) is 0.233. The van der Waals surface area contributed by atoms with E-state index in [1.54, 1.807) is 18.6 Å². The van der Waals surface area contributed by atoms with Gasteiger partial charge in [-0.05, 0) is 68.0 Å². The van der Waals surface area contributed by atoms with Gasteiger partial charge in [0.1, 0.15) is 23.1 Å². The highest BCUT2D eigenvalue weighted by Crippen LogP contribution is 2.27. The number of carbonyl (C=O) groups excluding carboxylic acids is 1. The average Bonchev–Trinajstić information content (AvgIpc) is 3.28. The average molecular weight is 529 g/mol. The molecule has 38 heavy (non-hydrogen) atoms. The Morgan fingerprint density at radius 1 is 1.03 bits per heavy atom. The maximum absolute atomic E-state index is 12.6. The molecular weight excluding hydrogens is 500 g/mol. The zero-order valence-electron chi connectivity index (χ0n) is 21.5. The number of hydrogen-bond donors (Lipinski definition) is 2. The number of halogens is 1. The summed E-state index contributed by atoms with van der Waals surface area (Å²) in [6.07, 6.45) is 7.27. The molecule has 1 amide bonds. The van der Waals surface area contributed by atoms with Gasteiger partial charge in [-0.3, -0.25) is 4.98 Å². The lowest BCUT2D eigenvalue weighted by atomic mass is 10.0. The number of para-hydroxylation sites is 1. The summed E-state index contributed by atoms with van der Waals surface area (Å²) in [7, 11) is 0. The number of alkyl carbamates (subject to hydrolysis) is 1. The number of hydrogen-bond acceptors (Lipinski definition) is 5. The number of aromatic amines is 1. The molecule has 7 nitrogen and oxygen atoms in total. The Hall–Kier alpha value is -4.10. The highest BCUT2D eigenvalue weighted by Gasteiger charge is 2.21. The predicted octanol–water partition coefficient (Wildman–Crippen LogP) is 6.95. The number of rotatable bonds is 7. The monoisotopic (exact) mass is 528 g/mol. The molecule has 0 bridgehead atoms. The van der Waals surface area contributed by atoms with Crippen molar-refractivity contribution in [2.24, 2.45) is 0 Å². The molecule has 2 aromatic carbocycles. The van der Waals surface area contributed by atoms with Crippen molar-refractivity contribution in [3.05, 3.63) is 90.1 Å². The first-order valence-electron chi connectivity index (χ1n) is 12.4. The van der Waals surface area contributed by atoms with E-state index in [4.69, 9.17) is 21.1 Å². The number of benzene rings is 2. The molecule has 3 heterocycles. The molecule has 3 aromatic heterocycles. The van der Waals surface area contributed by atoms with Gasteiger partial charge in [-0.15, -0.1) is 0 Å². The van der Waals surface area contributed by atoms with Crippen LogP contribution in [0.15, 0.2) is 79.4 Å². The minimum Gasteiger partial charge on any atom is -0.490 e. The van der Waals surface area contributed by atoms with Gasteiger partial charge < -0.3 is 19.8 Å². The van der Waals surface area contributed by atoms with Crippen molar-refractivity contribution in [1.29, 1.82) is 0 Å². The molecule has 0 saturated carbocycles. The van der Waals surface area contributed by atoms with Crippen molar-refractivity contribution >= 4 is 39.4 Å². The first-order valence-corrected chi connectivity index (χ1v) is 12.8. The number of H-pyrrole nitrogens is 1. The van der Waals surface area contributed by atoms with Crippen LogP contribution in [0.3, 0.4) is 0 Å². The van der Waals surface area contributed by atoms with Gasteiger partial charge in [0.15, 0.2) is 0 Å². The van der Waals surface area contributed by atoms with Crippen LogP contribution in [-0.4, -0.2) is 39.3 Å². The number of nitrogens with zero attached hydrogens (tertiary/aromatic N) is 2. The van der Waals surface area contributed by atoms with Crippen LogP contribution >= 0.6 is 11.6 Å². The Labute approximate surface area is 226 Å². The molecule has 1 unspecified atom stereocenters. The first-order chi connectivity index (χ1) is 18.2. The molecule has 2 N–H and O–H groups in total. The minimum absolute atomic E-state index is 0.239. The van der Waals surface area contributed by atoms with Crippen molar-refractivity contribution in [3.63, 3.8) is 0 Å². The molecule has 0 saturated heterocycles. The van der Waals surface area contributed by atoms with Crippen LogP contribution in [0.4, 0.5) is 4.79 Å². The van der Waals surface area contributed by atoms with Crippen LogP contribution in [0.1, 0.15) is 26.3 Å². The molecule has 0 fully saturated rings. The van der Waals surface area contributed by atoms with E-state index in [9.17, 15) is 4.79 Å². The molecule has 0 aliphatic carbocycles. The zero-order valence-corrected chi connectivity index (χ0v) is 22.3. The molecule has 0 radical (unpaired) electrons. The van der Waals surface area contributed by atoms with Gasteiger partial charge in [0.2, 0.25) is 0 Å². The first kappa shape index (κ1) is 25.5. The summed E-state index contributed by atoms with van der Waals surface area (Å²) in [5, 5.41) is 6.54. The third-order valence-corrected chi connectivity index (χ3v) is 6.25. The van der Waals surface area contributed by atoms with Crippen LogP contribution in [0.25, 0.3) is 32.8 Å². The number of nitrogens with one attached hydrogen (secondary N) is 2. The molecule has 0 spiro atoms. The van der Waals surface area contributed by atoms with E-state index in [1.807, 2.05) is 75.5 Å². The van der Waals surface area contributed by atoms with Crippen molar-refractivity contribution in [1.82, 2.24) is 20.3 Å². The lowest BCUT2D eigenvalue weighted by molar-refractivity contribution is 0.0488. The number of amides is 1. The van der Waals surface area contributed by atoms with E-state index in [-0.39, 0.29) is 12.6 Å². The zero-order chi connectivity index (χ0) is 26.7. The molecule has 194 valence electrons. The molecule has 5 rings (SSSR count). The van der Waals surface area contributed by atoms with Crippen LogP contribution in [0, 0.1) is 0 Å². The van der Waals surface area contributed by atoms with Crippen molar-refractivity contribution in [3.8, 4) is 16.9 Å². The van der Waals surface area contributed by atoms with Gasteiger partial charge in [0, 0.05) is 40.4 Å². The topological polar surface area (TPSA) is 89.1 Å². The van der Waals surface area contributed by atoms with E-state index in [0.717, 1.165) is 38.4 Å². The molecule has 0 aliphatic rings. The summed E-state index contributed by atoms with van der Waals surface area (Å²) in [5.74, 6) is 0.602. The second kappa shape index (κ2) is 10.7. The summed E-state index contributed by atoms with van der Waals surface area (Å²) >= 11 is 6.08. The molecular formula is C30H29ClN4O3. The van der Waals surface area contributed by atoms with E-state index < -0.39 is 11.7 Å². The third-order valence-electron chi connectivity index (χ3n) is 6.05. The van der Waals surface area contributed by atoms with Crippen LogP contribution in [0.5, 0.6) is 5.75 Å². The molecule has 8 heteroatoms. The minimum atomic E-state index is -0.603. The fourth-order valence-electron chi connectivity index (χ4n) is 4.34. The summed E-state index contributed by atoms with van der Waals surface area (Å²) in [5.41, 5.74) is 3.42. The molecule has 1 atom stereocenters. The van der Waals surface area contributed by atoms with E-state index in [2.05, 4.69) is 26.3 Å². The summed E-state index contributed by atoms with van der Waals surface area (Å²) in [6, 6.07) is 17.6. The number of ether oxygens (including phenoxy) is 2. The molecule has 0 aliphatic heterocycles. The Morgan fingerprint density at radius 3 is 2.71 bits per heavy atom. The Kier molecular flexibility index (Phi) is 7.20. The van der Waals surface area contributed by atoms with E-state index in [0.29, 0.717) is 17.3 Å². The summed E-state index contributed by atoms with van der Waals surface area (Å²) < 4.78 is 11.7. The maximum atomic E-state index is 12.6. The Balaban J connectivity index is 1.34. The van der Waals surface area contributed by atoms with Gasteiger partial charge in [-0.25, -0.2) is 9.78 Å². The van der Waals surface area contributed by atoms with Crippen LogP contribution in [0.2, 0.25) is 5.15 Å². The van der Waals surface area contributed by atoms with E-state index >= 15 is 0 Å².